The maximum Gasteiger partial charge on any atom is 0.261 e. The molecule has 0 bridgehead atoms. The van der Waals surface area contributed by atoms with Gasteiger partial charge in [0.15, 0.2) is 5.82 Å². The summed E-state index contributed by atoms with van der Waals surface area (Å²) in [6.07, 6.45) is 1.64. The largest absolute Gasteiger partial charge is 0.463 e. The predicted molar refractivity (Wildman–Crippen MR) is 62.3 cm³/mol. The molecule has 0 saturated heterocycles. The van der Waals surface area contributed by atoms with E-state index < -0.39 is 0 Å². The molecule has 0 atom stereocenters. The molecular weight excluding hydrogens is 218 g/mol. The summed E-state index contributed by atoms with van der Waals surface area (Å²) in [6, 6.07) is 7.75. The second kappa shape index (κ2) is 4.03. The number of nitrogens with zero attached hydrogens (tertiary/aromatic N) is 2. The lowest BCUT2D eigenvalue weighted by Crippen LogP contribution is -2.06. The lowest BCUT2D eigenvalue weighted by Gasteiger charge is -1.89. The van der Waals surface area contributed by atoms with Gasteiger partial charge in [-0.25, -0.2) is 0 Å². The Balaban J connectivity index is 2.07. The average Bonchev–Trinajstić information content (AvgIpc) is 2.95. The van der Waals surface area contributed by atoms with E-state index in [0.717, 1.165) is 16.5 Å². The van der Waals surface area contributed by atoms with Crippen LogP contribution < -0.4 is 5.32 Å². The summed E-state index contributed by atoms with van der Waals surface area (Å²) in [7, 11) is 1.84. The lowest BCUT2D eigenvalue weighted by atomic mass is 10.2. The molecule has 0 saturated carbocycles. The van der Waals surface area contributed by atoms with Crippen molar-refractivity contribution in [2.24, 2.45) is 0 Å². The zero-order valence-corrected chi connectivity index (χ0v) is 9.30. The van der Waals surface area contributed by atoms with E-state index in [-0.39, 0.29) is 0 Å². The fourth-order valence-corrected chi connectivity index (χ4v) is 1.74. The van der Waals surface area contributed by atoms with Crippen LogP contribution in [0.4, 0.5) is 0 Å². The molecule has 0 radical (unpaired) electrons. The predicted octanol–water partition coefficient (Wildman–Crippen LogP) is 2.20. The quantitative estimate of drug-likeness (QED) is 0.745. The minimum Gasteiger partial charge on any atom is -0.463 e. The third-order valence-electron chi connectivity index (χ3n) is 2.51. The van der Waals surface area contributed by atoms with Gasteiger partial charge in [0.2, 0.25) is 0 Å². The average molecular weight is 229 g/mol. The van der Waals surface area contributed by atoms with Crippen molar-refractivity contribution in [3.63, 3.8) is 0 Å². The molecule has 3 aromatic rings. The second-order valence-corrected chi connectivity index (χ2v) is 3.69. The van der Waals surface area contributed by atoms with Crippen LogP contribution in [0.2, 0.25) is 0 Å². The monoisotopic (exact) mass is 229 g/mol. The van der Waals surface area contributed by atoms with E-state index in [1.165, 1.54) is 0 Å². The molecule has 0 fully saturated rings. The normalized spacial score (nSPS) is 11.1. The molecule has 5 heteroatoms. The molecule has 0 aliphatic carbocycles. The van der Waals surface area contributed by atoms with Crippen LogP contribution in [0.3, 0.4) is 0 Å². The van der Waals surface area contributed by atoms with Gasteiger partial charge in [-0.2, -0.15) is 4.98 Å². The third kappa shape index (κ3) is 1.70. The number of hydrogen-bond donors (Lipinski definition) is 1. The van der Waals surface area contributed by atoms with Crippen molar-refractivity contribution in [2.45, 2.75) is 6.54 Å². The van der Waals surface area contributed by atoms with Gasteiger partial charge >= 0.3 is 0 Å². The molecule has 2 heterocycles. The van der Waals surface area contributed by atoms with Crippen molar-refractivity contribution in [2.75, 3.05) is 7.05 Å². The molecule has 0 unspecified atom stereocenters. The molecule has 1 aromatic carbocycles. The number of furan rings is 1. The van der Waals surface area contributed by atoms with Gasteiger partial charge in [0.05, 0.1) is 12.1 Å². The van der Waals surface area contributed by atoms with Gasteiger partial charge in [-0.15, -0.1) is 0 Å². The molecular formula is C12H11N3O2. The summed E-state index contributed by atoms with van der Waals surface area (Å²) in [5, 5.41) is 7.83. The maximum atomic E-state index is 5.43. The van der Waals surface area contributed by atoms with Gasteiger partial charge in [0.1, 0.15) is 11.8 Å². The van der Waals surface area contributed by atoms with Crippen LogP contribution in [0.25, 0.3) is 22.4 Å². The zero-order valence-electron chi connectivity index (χ0n) is 9.30. The van der Waals surface area contributed by atoms with E-state index in [9.17, 15) is 0 Å². The van der Waals surface area contributed by atoms with Crippen molar-refractivity contribution in [1.82, 2.24) is 15.5 Å². The van der Waals surface area contributed by atoms with Crippen LogP contribution in [0.1, 0.15) is 5.82 Å². The number of para-hydroxylation sites is 1. The van der Waals surface area contributed by atoms with E-state index in [1.807, 2.05) is 31.3 Å². The van der Waals surface area contributed by atoms with Gasteiger partial charge in [-0.05, 0) is 13.1 Å². The van der Waals surface area contributed by atoms with Crippen LogP contribution in [0.5, 0.6) is 0 Å². The number of hydrogen-bond acceptors (Lipinski definition) is 5. The molecule has 17 heavy (non-hydrogen) atoms. The highest BCUT2D eigenvalue weighted by Gasteiger charge is 2.14. The van der Waals surface area contributed by atoms with Crippen LogP contribution in [-0.2, 0) is 6.54 Å². The van der Waals surface area contributed by atoms with E-state index in [4.69, 9.17) is 8.94 Å². The highest BCUT2D eigenvalue weighted by Crippen LogP contribution is 2.28. The van der Waals surface area contributed by atoms with Crippen LogP contribution in [0.15, 0.2) is 39.5 Å². The molecule has 1 N–H and O–H groups in total. The summed E-state index contributed by atoms with van der Waals surface area (Å²) in [5.74, 6) is 1.12. The Kier molecular flexibility index (Phi) is 2.38. The SMILES string of the molecule is CNCc1noc(-c2coc3ccccc23)n1. The van der Waals surface area contributed by atoms with Crippen molar-refractivity contribution < 1.29 is 8.94 Å². The van der Waals surface area contributed by atoms with E-state index >= 15 is 0 Å². The first-order chi connectivity index (χ1) is 8.38. The highest BCUT2D eigenvalue weighted by molar-refractivity contribution is 5.91. The first-order valence-corrected chi connectivity index (χ1v) is 5.32. The number of benzene rings is 1. The van der Waals surface area contributed by atoms with Gasteiger partial charge in [0, 0.05) is 5.39 Å². The highest BCUT2D eigenvalue weighted by atomic mass is 16.5. The summed E-state index contributed by atoms with van der Waals surface area (Å²) in [6.45, 7) is 0.583. The summed E-state index contributed by atoms with van der Waals surface area (Å²) in [4.78, 5) is 4.29. The Bertz CT molecular complexity index is 642. The van der Waals surface area contributed by atoms with E-state index in [0.29, 0.717) is 18.3 Å². The number of fused-ring (bicyclic) bond motifs is 1. The molecule has 0 aliphatic rings. The second-order valence-electron chi connectivity index (χ2n) is 3.69. The van der Waals surface area contributed by atoms with E-state index in [2.05, 4.69) is 15.5 Å². The first kappa shape index (κ1) is 10.0. The van der Waals surface area contributed by atoms with Crippen LogP contribution in [0, 0.1) is 0 Å². The molecule has 0 amide bonds. The standard InChI is InChI=1S/C12H11N3O2/c1-13-6-11-14-12(17-15-11)9-7-16-10-5-3-2-4-8(9)10/h2-5,7,13H,6H2,1H3. The summed E-state index contributed by atoms with van der Waals surface area (Å²) in [5.41, 5.74) is 1.64. The molecule has 86 valence electrons. The Labute approximate surface area is 97.4 Å². The Morgan fingerprint density at radius 1 is 1.29 bits per heavy atom. The minimum atomic E-state index is 0.486. The fourth-order valence-electron chi connectivity index (χ4n) is 1.74. The topological polar surface area (TPSA) is 64.1 Å². The number of aromatic nitrogens is 2. The molecule has 0 aliphatic heterocycles. The number of nitrogens with one attached hydrogen (secondary N) is 1. The molecule has 5 nitrogen and oxygen atoms in total. The zero-order chi connectivity index (χ0) is 11.7. The first-order valence-electron chi connectivity index (χ1n) is 5.32. The van der Waals surface area contributed by atoms with Crippen molar-refractivity contribution in [1.29, 1.82) is 0 Å². The Hall–Kier alpha value is -2.14. The molecule has 2 aromatic heterocycles. The lowest BCUT2D eigenvalue weighted by molar-refractivity contribution is 0.420. The van der Waals surface area contributed by atoms with Gasteiger partial charge in [-0.1, -0.05) is 23.4 Å². The van der Waals surface area contributed by atoms with Gasteiger partial charge < -0.3 is 14.3 Å². The minimum absolute atomic E-state index is 0.486. The summed E-state index contributed by atoms with van der Waals surface area (Å²) < 4.78 is 10.6. The van der Waals surface area contributed by atoms with Gasteiger partial charge in [-0.3, -0.25) is 0 Å². The smallest absolute Gasteiger partial charge is 0.261 e. The Morgan fingerprint density at radius 3 is 3.06 bits per heavy atom. The molecule has 0 spiro atoms. The number of rotatable bonds is 3. The van der Waals surface area contributed by atoms with Gasteiger partial charge in [0.25, 0.3) is 5.89 Å². The van der Waals surface area contributed by atoms with Crippen LogP contribution in [-0.4, -0.2) is 17.2 Å². The molecule has 3 rings (SSSR count). The maximum absolute atomic E-state index is 5.43. The van der Waals surface area contributed by atoms with Crippen LogP contribution >= 0.6 is 0 Å². The third-order valence-corrected chi connectivity index (χ3v) is 2.51. The summed E-state index contributed by atoms with van der Waals surface area (Å²) >= 11 is 0. The van der Waals surface area contributed by atoms with Crippen molar-refractivity contribution in [3.05, 3.63) is 36.4 Å². The van der Waals surface area contributed by atoms with E-state index in [1.54, 1.807) is 6.26 Å². The fraction of sp³-hybridized carbons (Fsp3) is 0.167. The Morgan fingerprint density at radius 2 is 2.18 bits per heavy atom. The van der Waals surface area contributed by atoms with Crippen molar-refractivity contribution >= 4 is 11.0 Å². The van der Waals surface area contributed by atoms with Crippen molar-refractivity contribution in [3.8, 4) is 11.5 Å².